The van der Waals surface area contributed by atoms with Crippen molar-refractivity contribution in [3.05, 3.63) is 71.3 Å². The summed E-state index contributed by atoms with van der Waals surface area (Å²) in [6.45, 7) is 3.35. The largest absolute Gasteiger partial charge is 0.359 e. The monoisotopic (exact) mass is 382 g/mol. The second-order valence-electron chi connectivity index (χ2n) is 7.51. The van der Waals surface area contributed by atoms with Crippen molar-refractivity contribution in [2.24, 2.45) is 0 Å². The first-order valence-electron chi connectivity index (χ1n) is 9.26. The summed E-state index contributed by atoms with van der Waals surface area (Å²) in [4.78, 5) is 0.355. The normalized spacial score (nSPS) is 27.1. The van der Waals surface area contributed by atoms with Crippen molar-refractivity contribution in [3.63, 3.8) is 0 Å². The molecule has 3 heterocycles. The molecule has 1 fully saturated rings. The number of benzene rings is 2. The molecule has 3 aliphatic heterocycles. The van der Waals surface area contributed by atoms with Crippen LogP contribution in [0.15, 0.2) is 65.1 Å². The van der Waals surface area contributed by atoms with Crippen LogP contribution in [0.2, 0.25) is 0 Å². The van der Waals surface area contributed by atoms with Crippen molar-refractivity contribution in [2.75, 3.05) is 25.0 Å². The predicted octanol–water partition coefficient (Wildman–Crippen LogP) is 3.04. The number of fused-ring (bicyclic) bond motifs is 1. The highest BCUT2D eigenvalue weighted by molar-refractivity contribution is 7.89. The number of aryl methyl sites for hydroxylation is 1. The zero-order chi connectivity index (χ0) is 18.6. The zero-order valence-electron chi connectivity index (χ0n) is 15.2. The Morgan fingerprint density at radius 3 is 2.74 bits per heavy atom. The Kier molecular flexibility index (Phi) is 3.73. The number of para-hydroxylation sites is 1. The summed E-state index contributed by atoms with van der Waals surface area (Å²) in [5, 5.41) is 3.47. The van der Waals surface area contributed by atoms with E-state index in [1.54, 1.807) is 16.4 Å². The number of rotatable bonds is 2. The van der Waals surface area contributed by atoms with Gasteiger partial charge in [0, 0.05) is 18.8 Å². The van der Waals surface area contributed by atoms with Gasteiger partial charge in [0.05, 0.1) is 16.9 Å². The molecule has 2 atom stereocenters. The maximum absolute atomic E-state index is 13.2. The van der Waals surface area contributed by atoms with Gasteiger partial charge in [-0.15, -0.1) is 0 Å². The molecule has 0 amide bonds. The van der Waals surface area contributed by atoms with E-state index in [0.717, 1.165) is 11.3 Å². The van der Waals surface area contributed by atoms with Crippen LogP contribution in [0.25, 0.3) is 0 Å². The number of ether oxygens (including phenoxy) is 1. The number of hydrogen-bond donors (Lipinski definition) is 1. The number of sulfonamides is 1. The van der Waals surface area contributed by atoms with Gasteiger partial charge < -0.3 is 10.1 Å². The van der Waals surface area contributed by atoms with E-state index in [1.807, 2.05) is 31.2 Å². The van der Waals surface area contributed by atoms with Gasteiger partial charge in [0.2, 0.25) is 10.0 Å². The number of anilines is 1. The van der Waals surface area contributed by atoms with Crippen LogP contribution in [0.5, 0.6) is 0 Å². The first kappa shape index (κ1) is 17.0. The molecule has 1 N–H and O–H groups in total. The summed E-state index contributed by atoms with van der Waals surface area (Å²) in [6, 6.07) is 15.3. The van der Waals surface area contributed by atoms with Crippen LogP contribution in [0.4, 0.5) is 5.69 Å². The van der Waals surface area contributed by atoms with Crippen molar-refractivity contribution >= 4 is 15.7 Å². The smallest absolute Gasteiger partial charge is 0.243 e. The maximum Gasteiger partial charge on any atom is 0.243 e. The Hall–Kier alpha value is -2.15. The summed E-state index contributed by atoms with van der Waals surface area (Å²) in [7, 11) is -3.52. The molecule has 27 heavy (non-hydrogen) atoms. The Labute approximate surface area is 159 Å². The summed E-state index contributed by atoms with van der Waals surface area (Å²) in [6.07, 6.45) is 2.64. The molecule has 0 unspecified atom stereocenters. The molecule has 2 aromatic rings. The van der Waals surface area contributed by atoms with Gasteiger partial charge in [-0.1, -0.05) is 42.0 Å². The molecule has 0 bridgehead atoms. The highest BCUT2D eigenvalue weighted by Gasteiger charge is 2.55. The first-order valence-corrected chi connectivity index (χ1v) is 10.7. The van der Waals surface area contributed by atoms with Gasteiger partial charge >= 0.3 is 0 Å². The number of nitrogens with zero attached hydrogens (tertiary/aromatic N) is 1. The summed E-state index contributed by atoms with van der Waals surface area (Å²) >= 11 is 0. The molecule has 140 valence electrons. The summed E-state index contributed by atoms with van der Waals surface area (Å²) < 4.78 is 33.9. The van der Waals surface area contributed by atoms with Gasteiger partial charge in [-0.3, -0.25) is 0 Å². The van der Waals surface area contributed by atoms with Gasteiger partial charge in [0.25, 0.3) is 0 Å². The Balaban J connectivity index is 1.52. The highest BCUT2D eigenvalue weighted by Crippen LogP contribution is 2.53. The van der Waals surface area contributed by atoms with Crippen molar-refractivity contribution in [2.45, 2.75) is 29.9 Å². The molecule has 1 saturated heterocycles. The SMILES string of the molecule is Cc1ccc(S(=O)(=O)N2CC=C3CO[C@H]4Nc5ccccc5[C@@]34CC2)cc1. The third-order valence-corrected chi connectivity index (χ3v) is 7.96. The average Bonchev–Trinajstić information content (AvgIpc) is 3.08. The fourth-order valence-electron chi connectivity index (χ4n) is 4.58. The summed E-state index contributed by atoms with van der Waals surface area (Å²) in [5.74, 6) is 0. The molecule has 0 aliphatic carbocycles. The minimum Gasteiger partial charge on any atom is -0.359 e. The van der Waals surface area contributed by atoms with Crippen LogP contribution in [0, 0.1) is 6.92 Å². The zero-order valence-corrected chi connectivity index (χ0v) is 16.0. The van der Waals surface area contributed by atoms with Gasteiger partial charge in [0.1, 0.15) is 6.23 Å². The van der Waals surface area contributed by atoms with Crippen molar-refractivity contribution in [3.8, 4) is 0 Å². The Bertz CT molecular complexity index is 1030. The molecular formula is C21H22N2O3S. The van der Waals surface area contributed by atoms with Gasteiger partial charge in [-0.2, -0.15) is 4.31 Å². The lowest BCUT2D eigenvalue weighted by Crippen LogP contribution is -2.39. The fraction of sp³-hybridized carbons (Fsp3) is 0.333. The molecule has 1 spiro atoms. The van der Waals surface area contributed by atoms with Crippen LogP contribution < -0.4 is 5.32 Å². The molecule has 2 aromatic carbocycles. The second-order valence-corrected chi connectivity index (χ2v) is 9.45. The minimum atomic E-state index is -3.52. The van der Waals surface area contributed by atoms with E-state index in [2.05, 4.69) is 23.5 Å². The lowest BCUT2D eigenvalue weighted by molar-refractivity contribution is 0.103. The molecule has 0 aromatic heterocycles. The van der Waals surface area contributed by atoms with Crippen molar-refractivity contribution < 1.29 is 13.2 Å². The first-order chi connectivity index (χ1) is 13.0. The van der Waals surface area contributed by atoms with E-state index in [4.69, 9.17) is 4.74 Å². The molecule has 3 aliphatic rings. The van der Waals surface area contributed by atoms with Crippen LogP contribution in [0.1, 0.15) is 17.5 Å². The molecule has 5 rings (SSSR count). The Morgan fingerprint density at radius 1 is 1.15 bits per heavy atom. The third-order valence-electron chi connectivity index (χ3n) is 6.08. The van der Waals surface area contributed by atoms with E-state index in [9.17, 15) is 8.42 Å². The van der Waals surface area contributed by atoms with Gasteiger partial charge in [-0.05, 0) is 42.7 Å². The quantitative estimate of drug-likeness (QED) is 0.811. The molecule has 5 nitrogen and oxygen atoms in total. The Morgan fingerprint density at radius 2 is 1.93 bits per heavy atom. The van der Waals surface area contributed by atoms with Crippen molar-refractivity contribution in [1.29, 1.82) is 0 Å². The molecule has 0 saturated carbocycles. The lowest BCUT2D eigenvalue weighted by Gasteiger charge is -2.29. The van der Waals surface area contributed by atoms with E-state index in [1.165, 1.54) is 11.1 Å². The van der Waals surface area contributed by atoms with E-state index in [0.29, 0.717) is 31.0 Å². The molecule has 0 radical (unpaired) electrons. The lowest BCUT2D eigenvalue weighted by atomic mass is 9.73. The topological polar surface area (TPSA) is 58.6 Å². The van der Waals surface area contributed by atoms with Crippen LogP contribution in [0.3, 0.4) is 0 Å². The maximum atomic E-state index is 13.2. The van der Waals surface area contributed by atoms with Crippen LogP contribution in [-0.4, -0.2) is 38.6 Å². The molecule has 6 heteroatoms. The number of nitrogens with one attached hydrogen (secondary N) is 1. The summed E-state index contributed by atoms with van der Waals surface area (Å²) in [5.41, 5.74) is 4.27. The minimum absolute atomic E-state index is 0.122. The van der Waals surface area contributed by atoms with Gasteiger partial charge in [0.15, 0.2) is 0 Å². The highest BCUT2D eigenvalue weighted by atomic mass is 32.2. The van der Waals surface area contributed by atoms with E-state index >= 15 is 0 Å². The second kappa shape index (κ2) is 5.92. The van der Waals surface area contributed by atoms with Crippen LogP contribution >= 0.6 is 0 Å². The van der Waals surface area contributed by atoms with Gasteiger partial charge in [-0.25, -0.2) is 8.42 Å². The third kappa shape index (κ3) is 2.40. The van der Waals surface area contributed by atoms with Crippen LogP contribution in [-0.2, 0) is 20.2 Å². The number of hydrogen-bond acceptors (Lipinski definition) is 4. The van der Waals surface area contributed by atoms with E-state index in [-0.39, 0.29) is 11.6 Å². The van der Waals surface area contributed by atoms with E-state index < -0.39 is 10.0 Å². The average molecular weight is 382 g/mol. The standard InChI is InChI=1S/C21H22N2O3S/c1-15-6-8-17(9-7-15)27(24,25)23-12-10-16-14-26-20-21(16,11-13-23)18-4-2-3-5-19(18)22-20/h2-10,20,22H,11-14H2,1H3/t20-,21-/m1/s1. The van der Waals surface area contributed by atoms with Crippen molar-refractivity contribution in [1.82, 2.24) is 4.31 Å². The predicted molar refractivity (Wildman–Crippen MR) is 104 cm³/mol. The molecular weight excluding hydrogens is 360 g/mol. The fourth-order valence-corrected chi connectivity index (χ4v) is 5.96.